The second-order valence-electron chi connectivity index (χ2n) is 1.44. The van der Waals surface area contributed by atoms with Crippen LogP contribution in [0.5, 0.6) is 0 Å². The molecular formula is C2H8O7P2S. The first-order valence-electron chi connectivity index (χ1n) is 2.48. The fraction of sp³-hybridized carbons (Fsp3) is 1.00. The fourth-order valence-electron chi connectivity index (χ4n) is 0.241. The molecule has 2 N–H and O–H groups in total. The molecule has 0 aliphatic heterocycles. The van der Waals surface area contributed by atoms with E-state index in [9.17, 15) is 4.57 Å². The van der Waals surface area contributed by atoms with E-state index >= 15 is 0 Å². The van der Waals surface area contributed by atoms with Crippen LogP contribution in [-0.4, -0.2) is 24.4 Å². The molecule has 12 heavy (non-hydrogen) atoms. The summed E-state index contributed by atoms with van der Waals surface area (Å²) in [6.07, 6.45) is 0. The fourth-order valence-corrected chi connectivity index (χ4v) is 2.73. The summed E-state index contributed by atoms with van der Waals surface area (Å²) in [6.45, 7) is -3.57. The van der Waals surface area contributed by atoms with Crippen LogP contribution in [0.25, 0.3) is 0 Å². The molecule has 0 saturated heterocycles. The summed E-state index contributed by atoms with van der Waals surface area (Å²) in [5.41, 5.74) is 0. The normalized spacial score (nSPS) is 21.3. The summed E-state index contributed by atoms with van der Waals surface area (Å²) < 4.78 is 26.9. The molecule has 0 fully saturated rings. The van der Waals surface area contributed by atoms with E-state index in [2.05, 4.69) is 29.8 Å². The van der Waals surface area contributed by atoms with Crippen LogP contribution in [0.3, 0.4) is 0 Å². The van der Waals surface area contributed by atoms with Gasteiger partial charge in [-0.25, -0.2) is 14.1 Å². The smallest absolute Gasteiger partial charge is 0.310 e. The number of phosphoric ester groups is 1. The van der Waals surface area contributed by atoms with Crippen molar-refractivity contribution in [3.8, 4) is 0 Å². The molecule has 0 aromatic rings. The van der Waals surface area contributed by atoms with Crippen LogP contribution in [0.4, 0.5) is 0 Å². The van der Waals surface area contributed by atoms with E-state index in [1.54, 1.807) is 0 Å². The highest BCUT2D eigenvalue weighted by Gasteiger charge is 2.32. The Labute approximate surface area is 74.0 Å². The van der Waals surface area contributed by atoms with Gasteiger partial charge in [-0.15, -0.1) is 0 Å². The van der Waals surface area contributed by atoms with Crippen LogP contribution in [0.15, 0.2) is 0 Å². The molecule has 74 valence electrons. The minimum absolute atomic E-state index is 0.938. The lowest BCUT2D eigenvalue weighted by Gasteiger charge is -2.16. The first kappa shape index (κ1) is 12.6. The van der Waals surface area contributed by atoms with Gasteiger partial charge in [0.25, 0.3) is 0 Å². The van der Waals surface area contributed by atoms with Crippen molar-refractivity contribution < 1.29 is 32.7 Å². The molecule has 10 heteroatoms. The van der Waals surface area contributed by atoms with Gasteiger partial charge in [0.05, 0.1) is 0 Å². The summed E-state index contributed by atoms with van der Waals surface area (Å²) >= 11 is 4.40. The zero-order valence-electron chi connectivity index (χ0n) is 6.24. The van der Waals surface area contributed by atoms with E-state index in [4.69, 9.17) is 10.2 Å². The van der Waals surface area contributed by atoms with Gasteiger partial charge in [-0.05, 0) is 11.8 Å². The molecule has 0 aromatic heterocycles. The van der Waals surface area contributed by atoms with Crippen molar-refractivity contribution in [1.82, 2.24) is 0 Å². The third kappa shape index (κ3) is 4.04. The molecule has 2 unspecified atom stereocenters. The summed E-state index contributed by atoms with van der Waals surface area (Å²) in [6, 6.07) is 0. The van der Waals surface area contributed by atoms with Gasteiger partial charge in [0.2, 0.25) is 0 Å². The highest BCUT2D eigenvalue weighted by molar-refractivity contribution is 8.08. The number of hydrogen-bond donors (Lipinski definition) is 2. The minimum atomic E-state index is -4.29. The molecule has 0 rings (SSSR count). The molecule has 0 radical (unpaired) electrons. The van der Waals surface area contributed by atoms with Gasteiger partial charge in [0.1, 0.15) is 0 Å². The molecule has 0 bridgehead atoms. The number of hydrogen-bond acceptors (Lipinski definition) is 7. The Balaban J connectivity index is 4.42. The van der Waals surface area contributed by atoms with Gasteiger partial charge < -0.3 is 9.42 Å². The van der Waals surface area contributed by atoms with Crippen molar-refractivity contribution in [2.24, 2.45) is 0 Å². The zero-order chi connectivity index (χ0) is 9.83. The van der Waals surface area contributed by atoms with Gasteiger partial charge in [0, 0.05) is 14.2 Å². The SMILES string of the molecule is COP(=O)(O)OP(=S)(OC)OO. The summed E-state index contributed by atoms with van der Waals surface area (Å²) in [5, 5.41) is 8.15. The molecule has 0 heterocycles. The Morgan fingerprint density at radius 3 is 2.08 bits per heavy atom. The summed E-state index contributed by atoms with van der Waals surface area (Å²) in [4.78, 5) is 8.72. The maximum Gasteiger partial charge on any atom is 0.479 e. The van der Waals surface area contributed by atoms with Crippen LogP contribution in [-0.2, 0) is 34.4 Å². The van der Waals surface area contributed by atoms with Crippen molar-refractivity contribution in [1.29, 1.82) is 0 Å². The lowest BCUT2D eigenvalue weighted by molar-refractivity contribution is -0.148. The number of rotatable bonds is 5. The Kier molecular flexibility index (Phi) is 5.01. The molecule has 0 spiro atoms. The Bertz CT molecular complexity index is 219. The van der Waals surface area contributed by atoms with Gasteiger partial charge in [-0.2, -0.15) is 4.67 Å². The molecular weight excluding hydrogens is 230 g/mol. The van der Waals surface area contributed by atoms with E-state index in [1.807, 2.05) is 0 Å². The molecule has 0 amide bonds. The zero-order valence-corrected chi connectivity index (χ0v) is 8.84. The maximum absolute atomic E-state index is 10.7. The predicted molar refractivity (Wildman–Crippen MR) is 42.9 cm³/mol. The highest BCUT2D eigenvalue weighted by Crippen LogP contribution is 2.62. The average molecular weight is 238 g/mol. The van der Waals surface area contributed by atoms with Crippen molar-refractivity contribution in [3.05, 3.63) is 0 Å². The van der Waals surface area contributed by atoms with Crippen molar-refractivity contribution in [2.75, 3.05) is 14.2 Å². The topological polar surface area (TPSA) is 94.5 Å². The van der Waals surface area contributed by atoms with Crippen LogP contribution < -0.4 is 0 Å². The molecule has 0 aliphatic rings. The standard InChI is InChI=1S/C2H8O7P2S/c1-6-10(4,5)9-11(12,7-2)8-3/h3H,1-2H3,(H,4,5). The first-order valence-corrected chi connectivity index (χ1v) is 6.53. The lowest BCUT2D eigenvalue weighted by Crippen LogP contribution is -1.94. The second-order valence-corrected chi connectivity index (χ2v) is 6.16. The molecule has 0 aliphatic carbocycles. The van der Waals surface area contributed by atoms with Gasteiger partial charge in [-0.1, -0.05) is 0 Å². The van der Waals surface area contributed by atoms with Gasteiger partial charge >= 0.3 is 14.5 Å². The van der Waals surface area contributed by atoms with E-state index in [1.165, 1.54) is 0 Å². The minimum Gasteiger partial charge on any atom is -0.310 e. The maximum atomic E-state index is 10.7. The molecule has 0 aromatic carbocycles. The quantitative estimate of drug-likeness (QED) is 0.418. The predicted octanol–water partition coefficient (Wildman–Crippen LogP) is 1.11. The van der Waals surface area contributed by atoms with Crippen molar-refractivity contribution in [3.63, 3.8) is 0 Å². The molecule has 7 nitrogen and oxygen atoms in total. The van der Waals surface area contributed by atoms with Crippen LogP contribution in [0.2, 0.25) is 0 Å². The third-order valence-electron chi connectivity index (χ3n) is 0.758. The van der Waals surface area contributed by atoms with Crippen LogP contribution >= 0.6 is 14.5 Å². The van der Waals surface area contributed by atoms with E-state index in [0.29, 0.717) is 0 Å². The summed E-state index contributed by atoms with van der Waals surface area (Å²) in [7, 11) is -2.29. The van der Waals surface area contributed by atoms with Crippen molar-refractivity contribution >= 4 is 26.3 Å². The van der Waals surface area contributed by atoms with E-state index in [-0.39, 0.29) is 0 Å². The summed E-state index contributed by atoms with van der Waals surface area (Å²) in [5.74, 6) is 0. The van der Waals surface area contributed by atoms with E-state index < -0.39 is 14.5 Å². The Morgan fingerprint density at radius 2 is 1.83 bits per heavy atom. The Morgan fingerprint density at radius 1 is 1.33 bits per heavy atom. The highest BCUT2D eigenvalue weighted by atomic mass is 32.5. The van der Waals surface area contributed by atoms with Crippen LogP contribution in [0, 0.1) is 0 Å². The monoisotopic (exact) mass is 238 g/mol. The number of phosphoric acid groups is 1. The first-order chi connectivity index (χ1) is 5.39. The average Bonchev–Trinajstić information content (AvgIpc) is 2.04. The molecule has 0 saturated carbocycles. The largest absolute Gasteiger partial charge is 0.479 e. The Hall–Kier alpha value is 0.640. The third-order valence-corrected chi connectivity index (χ3v) is 4.74. The second kappa shape index (κ2) is 4.76. The van der Waals surface area contributed by atoms with Crippen molar-refractivity contribution in [2.45, 2.75) is 0 Å². The van der Waals surface area contributed by atoms with Gasteiger partial charge in [0.15, 0.2) is 0 Å². The molecule has 2 atom stereocenters. The lowest BCUT2D eigenvalue weighted by atomic mass is 11.8. The van der Waals surface area contributed by atoms with Gasteiger partial charge in [-0.3, -0.25) is 4.52 Å². The van der Waals surface area contributed by atoms with E-state index in [0.717, 1.165) is 14.2 Å². The van der Waals surface area contributed by atoms with Crippen LogP contribution in [0.1, 0.15) is 0 Å².